The highest BCUT2D eigenvalue weighted by molar-refractivity contribution is 6.01. The smallest absolute Gasteiger partial charge is 0.335 e. The number of carboxylic acid groups (broad SMARTS) is 1. The maximum absolute atomic E-state index is 13.1. The fraction of sp³-hybridized carbons (Fsp3) is 0.370. The summed E-state index contributed by atoms with van der Waals surface area (Å²) in [4.78, 5) is 31.3. The zero-order chi connectivity index (χ0) is 25.1. The number of alkyl halides is 1. The number of carbonyl (C=O) groups excluding carboxylic acids is 1. The molecular formula is C27H28FN5O3. The molecule has 186 valence electrons. The SMILES string of the molecule is Cn1c(-c2cc3ccc(C(=O)O)cc3n2CC2CC2)nc2cc3c(cc21)CCN(C[C@H](N)CF)C3=O. The van der Waals surface area contributed by atoms with Gasteiger partial charge in [-0.2, -0.15) is 0 Å². The van der Waals surface area contributed by atoms with Crippen LogP contribution in [0.25, 0.3) is 33.5 Å². The molecule has 8 nitrogen and oxygen atoms in total. The van der Waals surface area contributed by atoms with Crippen molar-refractivity contribution in [1.82, 2.24) is 19.0 Å². The first-order valence-corrected chi connectivity index (χ1v) is 12.3. The van der Waals surface area contributed by atoms with Crippen LogP contribution in [0.4, 0.5) is 4.39 Å². The number of amides is 1. The number of rotatable bonds is 7. The van der Waals surface area contributed by atoms with Gasteiger partial charge in [-0.3, -0.25) is 4.79 Å². The van der Waals surface area contributed by atoms with Crippen molar-refractivity contribution in [2.75, 3.05) is 19.8 Å². The molecule has 0 bridgehead atoms. The Hall–Kier alpha value is -3.72. The molecule has 1 amide bonds. The van der Waals surface area contributed by atoms with E-state index in [-0.39, 0.29) is 18.0 Å². The summed E-state index contributed by atoms with van der Waals surface area (Å²) in [7, 11) is 1.97. The number of carboxylic acids is 1. The number of hydrogen-bond donors (Lipinski definition) is 2. The van der Waals surface area contributed by atoms with Crippen LogP contribution in [0.15, 0.2) is 36.4 Å². The molecule has 1 aliphatic carbocycles. The van der Waals surface area contributed by atoms with Gasteiger partial charge in [-0.1, -0.05) is 6.07 Å². The van der Waals surface area contributed by atoms with Crippen molar-refractivity contribution in [2.24, 2.45) is 18.7 Å². The van der Waals surface area contributed by atoms with E-state index >= 15 is 0 Å². The minimum Gasteiger partial charge on any atom is -0.478 e. The molecule has 0 spiro atoms. The fourth-order valence-corrected chi connectivity index (χ4v) is 5.28. The number of fused-ring (bicyclic) bond motifs is 3. The lowest BCUT2D eigenvalue weighted by molar-refractivity contribution is 0.0694. The van der Waals surface area contributed by atoms with E-state index in [1.165, 1.54) is 0 Å². The number of aryl methyl sites for hydroxylation is 1. The van der Waals surface area contributed by atoms with Gasteiger partial charge in [0.1, 0.15) is 6.67 Å². The Morgan fingerprint density at radius 2 is 2.03 bits per heavy atom. The van der Waals surface area contributed by atoms with Crippen LogP contribution in [0.5, 0.6) is 0 Å². The summed E-state index contributed by atoms with van der Waals surface area (Å²) < 4.78 is 17.2. The second-order valence-electron chi connectivity index (χ2n) is 10.1. The zero-order valence-corrected chi connectivity index (χ0v) is 20.1. The molecule has 1 aliphatic heterocycles. The van der Waals surface area contributed by atoms with E-state index in [0.29, 0.717) is 30.0 Å². The van der Waals surface area contributed by atoms with Crippen molar-refractivity contribution >= 4 is 33.8 Å². The second-order valence-corrected chi connectivity index (χ2v) is 10.1. The van der Waals surface area contributed by atoms with Crippen LogP contribution in [-0.2, 0) is 20.0 Å². The van der Waals surface area contributed by atoms with Crippen LogP contribution in [0.2, 0.25) is 0 Å². The molecule has 2 aromatic heterocycles. The third kappa shape index (κ3) is 3.74. The Kier molecular flexibility index (Phi) is 5.33. The number of aromatic nitrogens is 3. The van der Waals surface area contributed by atoms with E-state index < -0.39 is 18.7 Å². The number of nitrogens with zero attached hydrogens (tertiary/aromatic N) is 4. The summed E-state index contributed by atoms with van der Waals surface area (Å²) in [6.07, 6.45) is 3.01. The maximum atomic E-state index is 13.1. The normalized spacial score (nSPS) is 16.6. The zero-order valence-electron chi connectivity index (χ0n) is 20.1. The van der Waals surface area contributed by atoms with Crippen molar-refractivity contribution in [3.8, 4) is 11.5 Å². The minimum atomic E-state index is -0.947. The summed E-state index contributed by atoms with van der Waals surface area (Å²) in [5, 5.41) is 10.5. The Morgan fingerprint density at radius 1 is 1.22 bits per heavy atom. The van der Waals surface area contributed by atoms with E-state index in [1.54, 1.807) is 17.0 Å². The number of nitrogens with two attached hydrogens (primary N) is 1. The Labute approximate surface area is 207 Å². The first-order chi connectivity index (χ1) is 17.3. The molecule has 6 rings (SSSR count). The van der Waals surface area contributed by atoms with Crippen LogP contribution in [0.1, 0.15) is 39.1 Å². The van der Waals surface area contributed by atoms with Gasteiger partial charge in [0.25, 0.3) is 5.91 Å². The largest absolute Gasteiger partial charge is 0.478 e. The molecule has 0 unspecified atom stereocenters. The minimum absolute atomic E-state index is 0.140. The highest BCUT2D eigenvalue weighted by atomic mass is 19.1. The summed E-state index contributed by atoms with van der Waals surface area (Å²) in [5.74, 6) is 0.259. The summed E-state index contributed by atoms with van der Waals surface area (Å²) in [5.41, 5.74) is 11.0. The molecule has 4 aromatic rings. The molecule has 1 atom stereocenters. The van der Waals surface area contributed by atoms with Crippen molar-refractivity contribution in [3.63, 3.8) is 0 Å². The Bertz CT molecular complexity index is 1530. The summed E-state index contributed by atoms with van der Waals surface area (Å²) in [6.45, 7) is 0.850. The molecule has 0 radical (unpaired) electrons. The third-order valence-electron chi connectivity index (χ3n) is 7.45. The van der Waals surface area contributed by atoms with Crippen molar-refractivity contribution in [1.29, 1.82) is 0 Å². The van der Waals surface area contributed by atoms with Crippen LogP contribution < -0.4 is 5.73 Å². The number of hydrogen-bond acceptors (Lipinski definition) is 4. The van der Waals surface area contributed by atoms with Gasteiger partial charge in [-0.05, 0) is 61.1 Å². The number of halogens is 1. The lowest BCUT2D eigenvalue weighted by Crippen LogP contribution is -2.45. The van der Waals surface area contributed by atoms with Gasteiger partial charge in [0.05, 0.1) is 28.3 Å². The molecule has 0 saturated heterocycles. The van der Waals surface area contributed by atoms with Crippen molar-refractivity contribution in [3.05, 3.63) is 53.1 Å². The average molecular weight is 490 g/mol. The summed E-state index contributed by atoms with van der Waals surface area (Å²) in [6, 6.07) is 10.5. The molecule has 2 aliphatic rings. The highest BCUT2D eigenvalue weighted by Gasteiger charge is 2.29. The molecule has 1 fully saturated rings. The van der Waals surface area contributed by atoms with E-state index in [4.69, 9.17) is 10.7 Å². The van der Waals surface area contributed by atoms with Crippen LogP contribution in [0.3, 0.4) is 0 Å². The van der Waals surface area contributed by atoms with E-state index in [1.807, 2.05) is 29.8 Å². The topological polar surface area (TPSA) is 106 Å². The molecule has 9 heteroatoms. The standard InChI is InChI=1S/C27H28FN5O3/c1-31-23-8-16-6-7-32(14-19(29)12-28)26(34)20(16)11-21(23)30-25(31)24-9-17-4-5-18(27(35)36)10-22(17)33(24)13-15-2-3-15/h4-5,8-11,15,19H,2-3,6-7,12-14,29H2,1H3,(H,35,36)/t19-/m1/s1. The number of aromatic carboxylic acids is 1. The number of imidazole rings is 1. The first-order valence-electron chi connectivity index (χ1n) is 12.3. The van der Waals surface area contributed by atoms with E-state index in [0.717, 1.165) is 52.9 Å². The van der Waals surface area contributed by atoms with Gasteiger partial charge in [0.2, 0.25) is 0 Å². The average Bonchev–Trinajstić information content (AvgIpc) is 3.55. The predicted molar refractivity (Wildman–Crippen MR) is 135 cm³/mol. The van der Waals surface area contributed by atoms with Gasteiger partial charge >= 0.3 is 5.97 Å². The lowest BCUT2D eigenvalue weighted by atomic mass is 9.97. The Morgan fingerprint density at radius 3 is 2.75 bits per heavy atom. The van der Waals surface area contributed by atoms with E-state index in [9.17, 15) is 19.1 Å². The van der Waals surface area contributed by atoms with Gasteiger partial charge in [0.15, 0.2) is 5.82 Å². The number of carbonyl (C=O) groups is 2. The molecule has 1 saturated carbocycles. The molecule has 36 heavy (non-hydrogen) atoms. The van der Waals surface area contributed by atoms with Crippen molar-refractivity contribution in [2.45, 2.75) is 31.8 Å². The predicted octanol–water partition coefficient (Wildman–Crippen LogP) is 3.60. The monoisotopic (exact) mass is 489 g/mol. The Balaban J connectivity index is 1.46. The van der Waals surface area contributed by atoms with E-state index in [2.05, 4.69) is 10.6 Å². The quantitative estimate of drug-likeness (QED) is 0.413. The first kappa shape index (κ1) is 22.7. The number of benzene rings is 2. The van der Waals surface area contributed by atoms with Gasteiger partial charge in [-0.15, -0.1) is 0 Å². The molecule has 2 aromatic carbocycles. The third-order valence-corrected chi connectivity index (χ3v) is 7.45. The van der Waals surface area contributed by atoms with Gasteiger partial charge in [-0.25, -0.2) is 14.2 Å². The fourth-order valence-electron chi connectivity index (χ4n) is 5.28. The molecule has 3 heterocycles. The lowest BCUT2D eigenvalue weighted by Gasteiger charge is -2.30. The van der Waals surface area contributed by atoms with Crippen LogP contribution in [-0.4, -0.2) is 61.8 Å². The van der Waals surface area contributed by atoms with Crippen LogP contribution >= 0.6 is 0 Å². The maximum Gasteiger partial charge on any atom is 0.335 e. The second kappa shape index (κ2) is 8.44. The van der Waals surface area contributed by atoms with Crippen molar-refractivity contribution < 1.29 is 19.1 Å². The van der Waals surface area contributed by atoms with Gasteiger partial charge in [0, 0.05) is 43.1 Å². The molecule has 3 N–H and O–H groups in total. The van der Waals surface area contributed by atoms with Crippen LogP contribution in [0, 0.1) is 5.92 Å². The summed E-state index contributed by atoms with van der Waals surface area (Å²) >= 11 is 0. The van der Waals surface area contributed by atoms with Gasteiger partial charge < -0.3 is 24.9 Å². The molecular weight excluding hydrogens is 461 g/mol. The highest BCUT2D eigenvalue weighted by Crippen LogP contribution is 2.37.